The first-order valence-corrected chi connectivity index (χ1v) is 8.94. The highest BCUT2D eigenvalue weighted by Gasteiger charge is 2.32. The van der Waals surface area contributed by atoms with Gasteiger partial charge in [-0.3, -0.25) is 9.59 Å². The van der Waals surface area contributed by atoms with E-state index in [1.54, 1.807) is 13.8 Å². The lowest BCUT2D eigenvalue weighted by Gasteiger charge is -2.28. The van der Waals surface area contributed by atoms with E-state index in [4.69, 9.17) is 19.9 Å². The van der Waals surface area contributed by atoms with Crippen molar-refractivity contribution in [2.45, 2.75) is 32.2 Å². The highest BCUT2D eigenvalue weighted by Crippen LogP contribution is 2.36. The number of nitrogens with two attached hydrogens (primary N) is 1. The summed E-state index contributed by atoms with van der Waals surface area (Å²) in [5.74, 6) is -3.45. The second-order valence-corrected chi connectivity index (χ2v) is 6.22. The molecule has 11 nitrogen and oxygen atoms in total. The number of benzene rings is 1. The Bertz CT molecular complexity index is 779. The van der Waals surface area contributed by atoms with Crippen molar-refractivity contribution in [3.63, 3.8) is 0 Å². The summed E-state index contributed by atoms with van der Waals surface area (Å²) in [7, 11) is 2.18. The summed E-state index contributed by atoms with van der Waals surface area (Å²) < 4.78 is 23.9. The fourth-order valence-corrected chi connectivity index (χ4v) is 2.63. The summed E-state index contributed by atoms with van der Waals surface area (Å²) in [5.41, 5.74) is 6.22. The van der Waals surface area contributed by atoms with Crippen LogP contribution in [-0.4, -0.2) is 56.2 Å². The molecule has 30 heavy (non-hydrogen) atoms. The van der Waals surface area contributed by atoms with Crippen molar-refractivity contribution in [3.05, 3.63) is 23.8 Å². The molecule has 0 saturated heterocycles. The molecular formula is C19H25NO10. The molecule has 3 N–H and O–H groups in total. The maximum atomic E-state index is 11.6. The number of methoxy groups -OCH3 is 2. The molecule has 0 aromatic heterocycles. The van der Waals surface area contributed by atoms with Crippen molar-refractivity contribution in [2.75, 3.05) is 20.8 Å². The molecule has 0 aliphatic carbocycles. The zero-order valence-corrected chi connectivity index (χ0v) is 17.1. The van der Waals surface area contributed by atoms with E-state index in [0.29, 0.717) is 5.56 Å². The zero-order chi connectivity index (χ0) is 22.8. The van der Waals surface area contributed by atoms with Crippen molar-refractivity contribution in [1.82, 2.24) is 0 Å². The lowest BCUT2D eigenvalue weighted by Crippen LogP contribution is -2.40. The van der Waals surface area contributed by atoms with Crippen LogP contribution in [0.1, 0.15) is 31.7 Å². The fraction of sp³-hybridized carbons (Fsp3) is 0.474. The molecule has 0 aliphatic heterocycles. The summed E-state index contributed by atoms with van der Waals surface area (Å²) in [5, 5.41) is 9.42. The molecule has 1 aromatic carbocycles. The highest BCUT2D eigenvalue weighted by molar-refractivity contribution is 5.75. The Hall–Kier alpha value is -3.34. The van der Waals surface area contributed by atoms with Crippen LogP contribution in [0.2, 0.25) is 0 Å². The Kier molecular flexibility index (Phi) is 9.56. The van der Waals surface area contributed by atoms with E-state index >= 15 is 0 Å². The average Bonchev–Trinajstić information content (AvgIpc) is 2.73. The smallest absolute Gasteiger partial charge is 0.480 e. The monoisotopic (exact) mass is 427 g/mol. The van der Waals surface area contributed by atoms with Gasteiger partial charge in [0.2, 0.25) is 0 Å². The van der Waals surface area contributed by atoms with Crippen LogP contribution < -0.4 is 15.2 Å². The first-order valence-electron chi connectivity index (χ1n) is 8.94. The van der Waals surface area contributed by atoms with Gasteiger partial charge in [-0.15, -0.1) is 0 Å². The first kappa shape index (κ1) is 24.7. The third kappa shape index (κ3) is 6.92. The predicted molar refractivity (Wildman–Crippen MR) is 101 cm³/mol. The molecule has 0 bridgehead atoms. The van der Waals surface area contributed by atoms with E-state index < -0.39 is 42.1 Å². The van der Waals surface area contributed by atoms with Gasteiger partial charge in [0.15, 0.2) is 11.5 Å². The maximum Gasteiger partial charge on any atom is 0.513 e. The molecule has 0 radical (unpaired) electrons. The molecule has 0 amide bonds. The van der Waals surface area contributed by atoms with E-state index in [0.717, 1.165) is 14.2 Å². The van der Waals surface area contributed by atoms with E-state index in [1.807, 2.05) is 0 Å². The minimum absolute atomic E-state index is 0.0775. The summed E-state index contributed by atoms with van der Waals surface area (Å²) in [6.45, 7) is 3.21. The van der Waals surface area contributed by atoms with Crippen LogP contribution >= 0.6 is 0 Å². The number of ether oxygens (including phenoxy) is 5. The molecule has 0 spiro atoms. The first-order chi connectivity index (χ1) is 14.1. The van der Waals surface area contributed by atoms with Crippen LogP contribution in [0.25, 0.3) is 0 Å². The van der Waals surface area contributed by atoms with Crippen LogP contribution in [0.3, 0.4) is 0 Å². The molecule has 166 valence electrons. The number of hydrogen-bond donors (Lipinski definition) is 2. The Morgan fingerprint density at radius 1 is 1.03 bits per heavy atom. The number of carbonyl (C=O) groups excluding carboxylic acids is 3. The minimum atomic E-state index is -1.36. The number of carboxylic acid groups (broad SMARTS) is 1. The van der Waals surface area contributed by atoms with Crippen molar-refractivity contribution < 1.29 is 48.0 Å². The normalized spacial score (nSPS) is 13.4. The third-order valence-electron chi connectivity index (χ3n) is 4.15. The summed E-state index contributed by atoms with van der Waals surface area (Å²) >= 11 is 0. The average molecular weight is 427 g/mol. The topological polar surface area (TPSA) is 161 Å². The van der Waals surface area contributed by atoms with Crippen LogP contribution in [0.15, 0.2) is 18.2 Å². The van der Waals surface area contributed by atoms with Gasteiger partial charge in [0.25, 0.3) is 0 Å². The Morgan fingerprint density at radius 3 is 2.10 bits per heavy atom. The number of carboxylic acids is 1. The molecule has 0 aliphatic rings. The van der Waals surface area contributed by atoms with Gasteiger partial charge < -0.3 is 34.5 Å². The van der Waals surface area contributed by atoms with Gasteiger partial charge >= 0.3 is 24.2 Å². The Labute approximate surface area is 173 Å². The zero-order valence-electron chi connectivity index (χ0n) is 17.1. The second kappa shape index (κ2) is 11.6. The lowest BCUT2D eigenvalue weighted by atomic mass is 9.82. The predicted octanol–water partition coefficient (Wildman–Crippen LogP) is 2.06. The van der Waals surface area contributed by atoms with Crippen molar-refractivity contribution in [3.8, 4) is 11.5 Å². The number of aliphatic carboxylic acids is 1. The number of hydrogen-bond acceptors (Lipinski definition) is 10. The van der Waals surface area contributed by atoms with Crippen LogP contribution in [0.5, 0.6) is 11.5 Å². The third-order valence-corrected chi connectivity index (χ3v) is 4.15. The molecule has 2 unspecified atom stereocenters. The molecule has 0 saturated carbocycles. The fourth-order valence-electron chi connectivity index (χ4n) is 2.63. The van der Waals surface area contributed by atoms with E-state index in [1.165, 1.54) is 18.2 Å². The molecule has 1 aromatic rings. The standard InChI is InChI=1S/C19H25NO10/c1-5-14(21)28-9-10(2)15(16(20)17(22)23)11-6-7-12(29-18(24)26-3)13(8-11)30-19(25)27-4/h6-8,10,15-16H,5,9,20H2,1-4H3,(H,22,23)/t10?,15?,16-/m0/s1. The summed E-state index contributed by atoms with van der Waals surface area (Å²) in [6, 6.07) is 2.67. The van der Waals surface area contributed by atoms with Gasteiger partial charge in [-0.2, -0.15) is 0 Å². The van der Waals surface area contributed by atoms with E-state index in [9.17, 15) is 24.3 Å². The maximum absolute atomic E-state index is 11.6. The van der Waals surface area contributed by atoms with Crippen LogP contribution in [-0.2, 0) is 23.8 Å². The van der Waals surface area contributed by atoms with Gasteiger partial charge in [0, 0.05) is 12.3 Å². The Balaban J connectivity index is 3.34. The Morgan fingerprint density at radius 2 is 1.60 bits per heavy atom. The van der Waals surface area contributed by atoms with Gasteiger partial charge in [-0.1, -0.05) is 19.9 Å². The van der Waals surface area contributed by atoms with Gasteiger partial charge in [-0.05, 0) is 23.6 Å². The minimum Gasteiger partial charge on any atom is -0.480 e. The van der Waals surface area contributed by atoms with E-state index in [2.05, 4.69) is 9.47 Å². The SMILES string of the molecule is CCC(=O)OCC(C)C(c1ccc(OC(=O)OC)c(OC(=O)OC)c1)[C@H](N)C(=O)O. The van der Waals surface area contributed by atoms with Crippen molar-refractivity contribution >= 4 is 24.2 Å². The van der Waals surface area contributed by atoms with Gasteiger partial charge in [0.1, 0.15) is 6.04 Å². The second-order valence-electron chi connectivity index (χ2n) is 6.22. The molecule has 0 fully saturated rings. The summed E-state index contributed by atoms with van der Waals surface area (Å²) in [6.07, 6.45) is -1.99. The number of esters is 1. The lowest BCUT2D eigenvalue weighted by molar-refractivity contribution is -0.145. The van der Waals surface area contributed by atoms with Gasteiger partial charge in [-0.25, -0.2) is 9.59 Å². The largest absolute Gasteiger partial charge is 0.513 e. The van der Waals surface area contributed by atoms with Crippen molar-refractivity contribution in [2.24, 2.45) is 11.7 Å². The summed E-state index contributed by atoms with van der Waals surface area (Å²) in [4.78, 5) is 46.0. The highest BCUT2D eigenvalue weighted by atomic mass is 16.7. The number of rotatable bonds is 9. The quantitative estimate of drug-likeness (QED) is 0.337. The molecule has 3 atom stereocenters. The van der Waals surface area contributed by atoms with Crippen LogP contribution in [0, 0.1) is 5.92 Å². The van der Waals surface area contributed by atoms with Gasteiger partial charge in [0.05, 0.1) is 20.8 Å². The van der Waals surface area contributed by atoms with Crippen LogP contribution in [0.4, 0.5) is 9.59 Å². The van der Waals surface area contributed by atoms with Crippen molar-refractivity contribution in [1.29, 1.82) is 0 Å². The molecule has 0 heterocycles. The molecular weight excluding hydrogens is 402 g/mol. The molecule has 1 rings (SSSR count). The number of carbonyl (C=O) groups is 4. The van der Waals surface area contributed by atoms with E-state index in [-0.39, 0.29) is 24.5 Å². The molecule has 11 heteroatoms.